The predicted molar refractivity (Wildman–Crippen MR) is 68.7 cm³/mol. The van der Waals surface area contributed by atoms with E-state index in [9.17, 15) is 0 Å². The van der Waals surface area contributed by atoms with Crippen molar-refractivity contribution in [2.45, 2.75) is 19.4 Å². The summed E-state index contributed by atoms with van der Waals surface area (Å²) in [5.74, 6) is 0.935. The van der Waals surface area contributed by atoms with Crippen molar-refractivity contribution in [1.29, 1.82) is 0 Å². The molecule has 4 nitrogen and oxygen atoms in total. The fourth-order valence-electron chi connectivity index (χ4n) is 1.53. The number of unbranched alkanes of at least 4 members (excludes halogenated alkanes) is 1. The van der Waals surface area contributed by atoms with Crippen molar-refractivity contribution in [3.05, 3.63) is 25.0 Å². The summed E-state index contributed by atoms with van der Waals surface area (Å²) < 4.78 is 2.15. The Morgan fingerprint density at radius 1 is 1.50 bits per heavy atom. The van der Waals surface area contributed by atoms with Crippen LogP contribution in [0.5, 0.6) is 0 Å². The average Bonchev–Trinajstić information content (AvgIpc) is 2.69. The summed E-state index contributed by atoms with van der Waals surface area (Å²) in [4.78, 5) is 6.47. The second-order valence-corrected chi connectivity index (χ2v) is 4.12. The zero-order chi connectivity index (χ0) is 11.8. The number of aromatic nitrogens is 2. The summed E-state index contributed by atoms with van der Waals surface area (Å²) in [5.41, 5.74) is 0. The van der Waals surface area contributed by atoms with Crippen LogP contribution >= 0.6 is 0 Å². The molecule has 0 aliphatic rings. The molecule has 0 amide bonds. The molecule has 0 atom stereocenters. The van der Waals surface area contributed by atoms with Crippen molar-refractivity contribution in [3.63, 3.8) is 0 Å². The largest absolute Gasteiger partial charge is 0.352 e. The summed E-state index contributed by atoms with van der Waals surface area (Å²) in [6.07, 6.45) is 8.08. The van der Waals surface area contributed by atoms with Crippen molar-refractivity contribution < 1.29 is 0 Å². The molecule has 1 N–H and O–H groups in total. The smallest absolute Gasteiger partial charge is 0.203 e. The van der Waals surface area contributed by atoms with Crippen LogP contribution in [0.4, 0.5) is 5.95 Å². The fraction of sp³-hybridized carbons (Fsp3) is 0.583. The maximum absolute atomic E-state index is 4.26. The minimum atomic E-state index is 0.759. The zero-order valence-electron chi connectivity index (χ0n) is 10.3. The number of anilines is 1. The Hall–Kier alpha value is -1.29. The van der Waals surface area contributed by atoms with Crippen LogP contribution in [0.25, 0.3) is 0 Å². The van der Waals surface area contributed by atoms with Gasteiger partial charge in [-0.2, -0.15) is 0 Å². The monoisotopic (exact) mass is 222 g/mol. The lowest BCUT2D eigenvalue weighted by atomic mass is 10.3. The molecule has 0 aliphatic heterocycles. The van der Waals surface area contributed by atoms with E-state index in [-0.39, 0.29) is 0 Å². The second kappa shape index (κ2) is 7.06. The van der Waals surface area contributed by atoms with Gasteiger partial charge in [-0.3, -0.25) is 0 Å². The van der Waals surface area contributed by atoms with Crippen molar-refractivity contribution in [2.24, 2.45) is 0 Å². The lowest BCUT2D eigenvalue weighted by molar-refractivity contribution is 0.388. The summed E-state index contributed by atoms with van der Waals surface area (Å²) in [6.45, 7) is 6.60. The van der Waals surface area contributed by atoms with Gasteiger partial charge >= 0.3 is 0 Å². The molecule has 1 rings (SSSR count). The van der Waals surface area contributed by atoms with E-state index in [2.05, 4.69) is 40.4 Å². The average molecular weight is 222 g/mol. The topological polar surface area (TPSA) is 33.1 Å². The first-order chi connectivity index (χ1) is 7.74. The van der Waals surface area contributed by atoms with E-state index in [1.807, 2.05) is 18.5 Å². The van der Waals surface area contributed by atoms with E-state index >= 15 is 0 Å². The highest BCUT2D eigenvalue weighted by atomic mass is 15.2. The number of hydrogen-bond acceptors (Lipinski definition) is 3. The highest BCUT2D eigenvalue weighted by molar-refractivity contribution is 5.26. The number of imidazole rings is 1. The van der Waals surface area contributed by atoms with Crippen molar-refractivity contribution in [2.75, 3.05) is 32.5 Å². The van der Waals surface area contributed by atoms with E-state index in [1.54, 1.807) is 0 Å². The minimum Gasteiger partial charge on any atom is -0.352 e. The molecule has 0 unspecified atom stereocenters. The SMILES string of the molecule is C=CCNc1nccn1CCCCN(C)C. The number of hydrogen-bond donors (Lipinski definition) is 1. The lowest BCUT2D eigenvalue weighted by Gasteiger charge is -2.11. The summed E-state index contributed by atoms with van der Waals surface area (Å²) in [7, 11) is 4.21. The molecule has 0 spiro atoms. The third-order valence-corrected chi connectivity index (χ3v) is 2.37. The Bertz CT molecular complexity index is 304. The van der Waals surface area contributed by atoms with Crippen molar-refractivity contribution >= 4 is 5.95 Å². The molecule has 0 fully saturated rings. The Balaban J connectivity index is 2.29. The summed E-state index contributed by atoms with van der Waals surface area (Å²) in [5, 5.41) is 3.22. The molecule has 0 aromatic carbocycles. The standard InChI is InChI=1S/C12H22N4/c1-4-7-13-12-14-8-11-16(12)10-6-5-9-15(2)3/h4,8,11H,1,5-7,9-10H2,2-3H3,(H,13,14). The molecule has 0 saturated heterocycles. The molecular weight excluding hydrogens is 200 g/mol. The van der Waals surface area contributed by atoms with Crippen LogP contribution in [0.3, 0.4) is 0 Å². The zero-order valence-corrected chi connectivity index (χ0v) is 10.3. The van der Waals surface area contributed by atoms with Crippen molar-refractivity contribution in [3.8, 4) is 0 Å². The van der Waals surface area contributed by atoms with Crippen molar-refractivity contribution in [1.82, 2.24) is 14.5 Å². The molecular formula is C12H22N4. The van der Waals surface area contributed by atoms with Crippen LogP contribution in [-0.2, 0) is 6.54 Å². The van der Waals surface area contributed by atoms with Gasteiger partial charge in [-0.15, -0.1) is 6.58 Å². The molecule has 16 heavy (non-hydrogen) atoms. The third-order valence-electron chi connectivity index (χ3n) is 2.37. The van der Waals surface area contributed by atoms with E-state index in [0.29, 0.717) is 0 Å². The summed E-state index contributed by atoms with van der Waals surface area (Å²) >= 11 is 0. The van der Waals surface area contributed by atoms with Gasteiger partial charge in [0.05, 0.1) is 0 Å². The van der Waals surface area contributed by atoms with Gasteiger partial charge in [-0.1, -0.05) is 6.08 Å². The first kappa shape index (κ1) is 12.8. The predicted octanol–water partition coefficient (Wildman–Crippen LogP) is 1.82. The van der Waals surface area contributed by atoms with Gasteiger partial charge in [0.1, 0.15) is 0 Å². The number of nitrogens with one attached hydrogen (secondary N) is 1. The fourth-order valence-corrected chi connectivity index (χ4v) is 1.53. The van der Waals surface area contributed by atoms with E-state index in [4.69, 9.17) is 0 Å². The molecule has 1 aromatic rings. The third kappa shape index (κ3) is 4.49. The van der Waals surface area contributed by atoms with Gasteiger partial charge in [0, 0.05) is 25.5 Å². The second-order valence-electron chi connectivity index (χ2n) is 4.12. The van der Waals surface area contributed by atoms with Gasteiger partial charge < -0.3 is 14.8 Å². The maximum Gasteiger partial charge on any atom is 0.203 e. The highest BCUT2D eigenvalue weighted by Gasteiger charge is 2.00. The van der Waals surface area contributed by atoms with E-state index < -0.39 is 0 Å². The summed E-state index contributed by atoms with van der Waals surface area (Å²) in [6, 6.07) is 0. The first-order valence-electron chi connectivity index (χ1n) is 5.74. The Morgan fingerprint density at radius 3 is 3.00 bits per heavy atom. The van der Waals surface area contributed by atoms with Crippen LogP contribution in [0, 0.1) is 0 Å². The van der Waals surface area contributed by atoms with Crippen LogP contribution in [-0.4, -0.2) is 41.6 Å². The molecule has 0 bridgehead atoms. The lowest BCUT2D eigenvalue weighted by Crippen LogP contribution is -2.14. The molecule has 4 heteroatoms. The number of aryl methyl sites for hydroxylation is 1. The van der Waals surface area contributed by atoms with Crippen LogP contribution < -0.4 is 5.32 Å². The molecule has 0 aliphatic carbocycles. The van der Waals surface area contributed by atoms with Gasteiger partial charge in [-0.05, 0) is 33.5 Å². The van der Waals surface area contributed by atoms with E-state index in [1.165, 1.54) is 12.8 Å². The molecule has 0 saturated carbocycles. The van der Waals surface area contributed by atoms with Gasteiger partial charge in [-0.25, -0.2) is 4.98 Å². The molecule has 1 aromatic heterocycles. The number of rotatable bonds is 8. The first-order valence-corrected chi connectivity index (χ1v) is 5.74. The highest BCUT2D eigenvalue weighted by Crippen LogP contribution is 2.06. The molecule has 90 valence electrons. The van der Waals surface area contributed by atoms with Crippen LogP contribution in [0.2, 0.25) is 0 Å². The Labute approximate surface area is 98.0 Å². The normalized spacial score (nSPS) is 10.7. The van der Waals surface area contributed by atoms with Gasteiger partial charge in [0.2, 0.25) is 5.95 Å². The Kier molecular flexibility index (Phi) is 5.64. The Morgan fingerprint density at radius 2 is 2.31 bits per heavy atom. The number of nitrogens with zero attached hydrogens (tertiary/aromatic N) is 3. The van der Waals surface area contributed by atoms with Gasteiger partial charge in [0.15, 0.2) is 0 Å². The van der Waals surface area contributed by atoms with Crippen LogP contribution in [0.1, 0.15) is 12.8 Å². The minimum absolute atomic E-state index is 0.759. The molecule has 1 heterocycles. The molecule has 0 radical (unpaired) electrons. The van der Waals surface area contributed by atoms with E-state index in [0.717, 1.165) is 25.6 Å². The quantitative estimate of drug-likeness (QED) is 0.538. The van der Waals surface area contributed by atoms with Gasteiger partial charge in [0.25, 0.3) is 0 Å². The maximum atomic E-state index is 4.26. The van der Waals surface area contributed by atoms with Crippen LogP contribution in [0.15, 0.2) is 25.0 Å².